The van der Waals surface area contributed by atoms with Gasteiger partial charge in [-0.15, -0.1) is 0 Å². The Labute approximate surface area is 145 Å². The van der Waals surface area contributed by atoms with E-state index in [1.54, 1.807) is 18.2 Å². The Morgan fingerprint density at radius 1 is 1.33 bits per heavy atom. The van der Waals surface area contributed by atoms with Crippen LogP contribution in [0.25, 0.3) is 0 Å². The number of likely N-dealkylation sites (tertiary alicyclic amines) is 1. The standard InChI is InChI=1S/C18H18ClFN2O2/c19-15-8-14(9-21-10-15)18(23)22-7-1-2-13(11-22)12-24-17-5-3-16(20)4-6-17/h3-6,8-10,13H,1-2,7,11-12H2/t13-/m1/s1. The third-order valence-corrected chi connectivity index (χ3v) is 4.26. The summed E-state index contributed by atoms with van der Waals surface area (Å²) in [7, 11) is 0. The van der Waals surface area contributed by atoms with E-state index in [4.69, 9.17) is 16.3 Å². The summed E-state index contributed by atoms with van der Waals surface area (Å²) in [5.41, 5.74) is 0.502. The lowest BCUT2D eigenvalue weighted by atomic mass is 9.98. The highest BCUT2D eigenvalue weighted by Gasteiger charge is 2.25. The molecule has 2 aromatic rings. The number of halogens is 2. The van der Waals surface area contributed by atoms with Crippen molar-refractivity contribution in [1.82, 2.24) is 9.88 Å². The van der Waals surface area contributed by atoms with Gasteiger partial charge in [0.1, 0.15) is 11.6 Å². The molecule has 0 unspecified atom stereocenters. The molecule has 1 saturated heterocycles. The summed E-state index contributed by atoms with van der Waals surface area (Å²) < 4.78 is 18.6. The monoisotopic (exact) mass is 348 g/mol. The molecule has 2 heterocycles. The fourth-order valence-corrected chi connectivity index (χ4v) is 3.02. The highest BCUT2D eigenvalue weighted by atomic mass is 35.5. The van der Waals surface area contributed by atoms with E-state index in [9.17, 15) is 9.18 Å². The summed E-state index contributed by atoms with van der Waals surface area (Å²) in [6.45, 7) is 1.86. The molecule has 1 aromatic heterocycles. The summed E-state index contributed by atoms with van der Waals surface area (Å²) in [5.74, 6) is 0.544. The summed E-state index contributed by atoms with van der Waals surface area (Å²) in [5, 5.41) is 0.453. The lowest BCUT2D eigenvalue weighted by molar-refractivity contribution is 0.0633. The van der Waals surface area contributed by atoms with E-state index < -0.39 is 0 Å². The van der Waals surface area contributed by atoms with Gasteiger partial charge in [-0.2, -0.15) is 0 Å². The zero-order chi connectivity index (χ0) is 16.9. The van der Waals surface area contributed by atoms with Gasteiger partial charge in [0.25, 0.3) is 5.91 Å². The number of amides is 1. The molecule has 0 N–H and O–H groups in total. The predicted molar refractivity (Wildman–Crippen MR) is 89.8 cm³/mol. The van der Waals surface area contributed by atoms with Crippen molar-refractivity contribution >= 4 is 17.5 Å². The number of hydrogen-bond donors (Lipinski definition) is 0. The molecule has 1 aliphatic rings. The summed E-state index contributed by atoms with van der Waals surface area (Å²) >= 11 is 5.91. The normalized spacial score (nSPS) is 17.6. The van der Waals surface area contributed by atoms with Crippen LogP contribution in [0, 0.1) is 11.7 Å². The third-order valence-electron chi connectivity index (χ3n) is 4.06. The van der Waals surface area contributed by atoms with E-state index in [-0.39, 0.29) is 17.6 Å². The number of nitrogens with zero attached hydrogens (tertiary/aromatic N) is 2. The maximum atomic E-state index is 12.9. The maximum absolute atomic E-state index is 12.9. The molecular formula is C18H18ClFN2O2. The Morgan fingerprint density at radius 3 is 2.88 bits per heavy atom. The first-order chi connectivity index (χ1) is 11.6. The van der Waals surface area contributed by atoms with Crippen LogP contribution >= 0.6 is 11.6 Å². The van der Waals surface area contributed by atoms with Crippen molar-refractivity contribution in [1.29, 1.82) is 0 Å². The Morgan fingerprint density at radius 2 is 2.12 bits per heavy atom. The van der Waals surface area contributed by atoms with Crippen molar-refractivity contribution in [2.75, 3.05) is 19.7 Å². The predicted octanol–water partition coefficient (Wildman–Crippen LogP) is 3.81. The minimum Gasteiger partial charge on any atom is -0.493 e. The molecule has 1 atom stereocenters. The zero-order valence-electron chi connectivity index (χ0n) is 13.1. The van der Waals surface area contributed by atoms with Gasteiger partial charge in [-0.25, -0.2) is 4.39 Å². The highest BCUT2D eigenvalue weighted by molar-refractivity contribution is 6.30. The molecule has 1 aliphatic heterocycles. The van der Waals surface area contributed by atoms with Gasteiger partial charge in [-0.1, -0.05) is 11.6 Å². The molecule has 1 aromatic carbocycles. The van der Waals surface area contributed by atoms with Crippen LogP contribution in [-0.2, 0) is 0 Å². The Bertz CT molecular complexity index is 708. The van der Waals surface area contributed by atoms with Gasteiger partial charge in [-0.3, -0.25) is 9.78 Å². The van der Waals surface area contributed by atoms with Gasteiger partial charge < -0.3 is 9.64 Å². The second kappa shape index (κ2) is 7.62. The van der Waals surface area contributed by atoms with E-state index in [1.807, 2.05) is 4.90 Å². The van der Waals surface area contributed by atoms with E-state index in [0.717, 1.165) is 19.4 Å². The molecule has 6 heteroatoms. The first-order valence-electron chi connectivity index (χ1n) is 7.90. The summed E-state index contributed by atoms with van der Waals surface area (Å²) in [6, 6.07) is 7.60. The number of rotatable bonds is 4. The molecule has 24 heavy (non-hydrogen) atoms. The molecule has 1 amide bonds. The fraction of sp³-hybridized carbons (Fsp3) is 0.333. The van der Waals surface area contributed by atoms with Gasteiger partial charge in [-0.05, 0) is 43.2 Å². The lowest BCUT2D eigenvalue weighted by Crippen LogP contribution is -2.41. The van der Waals surface area contributed by atoms with Crippen LogP contribution in [0.3, 0.4) is 0 Å². The largest absolute Gasteiger partial charge is 0.493 e. The SMILES string of the molecule is O=C(c1cncc(Cl)c1)N1CCC[C@@H](COc2ccc(F)cc2)C1. The number of aromatic nitrogens is 1. The van der Waals surface area contributed by atoms with E-state index in [0.29, 0.717) is 29.5 Å². The van der Waals surface area contributed by atoms with Crippen LogP contribution in [0.5, 0.6) is 5.75 Å². The zero-order valence-corrected chi connectivity index (χ0v) is 13.9. The van der Waals surface area contributed by atoms with Crippen molar-refractivity contribution in [2.24, 2.45) is 5.92 Å². The number of carbonyl (C=O) groups excluding carboxylic acids is 1. The molecule has 0 aliphatic carbocycles. The molecule has 4 nitrogen and oxygen atoms in total. The molecule has 0 saturated carbocycles. The molecule has 126 valence electrons. The van der Waals surface area contributed by atoms with Crippen molar-refractivity contribution in [2.45, 2.75) is 12.8 Å². The van der Waals surface area contributed by atoms with E-state index in [1.165, 1.54) is 24.5 Å². The van der Waals surface area contributed by atoms with Gasteiger partial charge in [0.15, 0.2) is 0 Å². The van der Waals surface area contributed by atoms with Crippen LogP contribution in [0.4, 0.5) is 4.39 Å². The average molecular weight is 349 g/mol. The third kappa shape index (κ3) is 4.23. The van der Waals surface area contributed by atoms with E-state index >= 15 is 0 Å². The first kappa shape index (κ1) is 16.7. The van der Waals surface area contributed by atoms with Gasteiger partial charge in [0, 0.05) is 31.4 Å². The summed E-state index contributed by atoms with van der Waals surface area (Å²) in [6.07, 6.45) is 4.97. The molecular weight excluding hydrogens is 331 g/mol. The minimum absolute atomic E-state index is 0.0588. The van der Waals surface area contributed by atoms with Crippen molar-refractivity contribution in [3.05, 3.63) is 59.1 Å². The van der Waals surface area contributed by atoms with Crippen LogP contribution in [0.2, 0.25) is 5.02 Å². The highest BCUT2D eigenvalue weighted by Crippen LogP contribution is 2.21. The Balaban J connectivity index is 1.57. The number of pyridine rings is 1. The molecule has 1 fully saturated rings. The average Bonchev–Trinajstić information content (AvgIpc) is 2.61. The van der Waals surface area contributed by atoms with Gasteiger partial charge >= 0.3 is 0 Å². The minimum atomic E-state index is -0.285. The second-order valence-corrected chi connectivity index (χ2v) is 6.35. The molecule has 0 spiro atoms. The number of hydrogen-bond acceptors (Lipinski definition) is 3. The topological polar surface area (TPSA) is 42.4 Å². The molecule has 0 bridgehead atoms. The van der Waals surface area contributed by atoms with Crippen LogP contribution in [-0.4, -0.2) is 35.5 Å². The number of carbonyl (C=O) groups is 1. The fourth-order valence-electron chi connectivity index (χ4n) is 2.84. The van der Waals surface area contributed by atoms with Crippen molar-refractivity contribution in [3.8, 4) is 5.75 Å². The Hall–Kier alpha value is -2.14. The van der Waals surface area contributed by atoms with Crippen molar-refractivity contribution in [3.63, 3.8) is 0 Å². The van der Waals surface area contributed by atoms with Crippen molar-refractivity contribution < 1.29 is 13.9 Å². The number of benzene rings is 1. The number of ether oxygens (including phenoxy) is 1. The maximum Gasteiger partial charge on any atom is 0.255 e. The lowest BCUT2D eigenvalue weighted by Gasteiger charge is -2.32. The quantitative estimate of drug-likeness (QED) is 0.844. The van der Waals surface area contributed by atoms with Gasteiger partial charge in [0.05, 0.1) is 17.2 Å². The van der Waals surface area contributed by atoms with Crippen LogP contribution in [0.1, 0.15) is 23.2 Å². The molecule has 3 rings (SSSR count). The first-order valence-corrected chi connectivity index (χ1v) is 8.28. The summed E-state index contributed by atoms with van der Waals surface area (Å²) in [4.78, 5) is 18.3. The van der Waals surface area contributed by atoms with Crippen LogP contribution < -0.4 is 4.74 Å². The molecule has 0 radical (unpaired) electrons. The van der Waals surface area contributed by atoms with Gasteiger partial charge in [0.2, 0.25) is 0 Å². The van der Waals surface area contributed by atoms with Crippen LogP contribution in [0.15, 0.2) is 42.7 Å². The second-order valence-electron chi connectivity index (χ2n) is 5.92. The smallest absolute Gasteiger partial charge is 0.255 e. The van der Waals surface area contributed by atoms with E-state index in [2.05, 4.69) is 4.98 Å². The number of piperidine rings is 1. The Kier molecular flexibility index (Phi) is 5.30.